The number of piperazine rings is 1. The van der Waals surface area contributed by atoms with Gasteiger partial charge in [-0.1, -0.05) is 13.0 Å². The van der Waals surface area contributed by atoms with Gasteiger partial charge < -0.3 is 25.6 Å². The summed E-state index contributed by atoms with van der Waals surface area (Å²) in [5.74, 6) is -0.301. The van der Waals surface area contributed by atoms with Gasteiger partial charge in [0.05, 0.1) is 34.7 Å². The number of nitrogens with two attached hydrogens (primary N) is 1. The Morgan fingerprint density at radius 3 is 2.58 bits per heavy atom. The Kier molecular flexibility index (Phi) is 6.65. The van der Waals surface area contributed by atoms with Crippen molar-refractivity contribution in [3.05, 3.63) is 53.5 Å². The number of aromatic nitrogens is 1. The lowest BCUT2D eigenvalue weighted by Gasteiger charge is -2.36. The number of nitrogens with zero attached hydrogens (tertiary/aromatic N) is 3. The van der Waals surface area contributed by atoms with Crippen molar-refractivity contribution >= 4 is 33.9 Å². The minimum atomic E-state index is -0.633. The first-order valence-corrected chi connectivity index (χ1v) is 11.3. The second-order valence-corrected chi connectivity index (χ2v) is 8.21. The van der Waals surface area contributed by atoms with E-state index in [-0.39, 0.29) is 11.3 Å². The Hall–Kier alpha value is -3.39. The van der Waals surface area contributed by atoms with Gasteiger partial charge in [0.2, 0.25) is 0 Å². The van der Waals surface area contributed by atoms with E-state index in [2.05, 4.69) is 27.0 Å². The third kappa shape index (κ3) is 4.71. The van der Waals surface area contributed by atoms with Crippen molar-refractivity contribution in [3.63, 3.8) is 0 Å². The predicted octanol–water partition coefficient (Wildman–Crippen LogP) is 4.07. The topological polar surface area (TPSA) is 83.7 Å². The summed E-state index contributed by atoms with van der Waals surface area (Å²) in [6.45, 7) is 11.1. The summed E-state index contributed by atoms with van der Waals surface area (Å²) in [6.07, 6.45) is 1.43. The number of halogens is 1. The number of amides is 1. The van der Waals surface area contributed by atoms with Crippen molar-refractivity contribution in [1.29, 1.82) is 0 Å². The van der Waals surface area contributed by atoms with Gasteiger partial charge in [0.1, 0.15) is 11.6 Å². The molecule has 8 heteroatoms. The number of likely N-dealkylation sites (N-methyl/N-ethyl adjacent to an activating group) is 1. The SMILES string of the molecule is CCOc1cc2ncc(C(N)=O)c(Nc3ccc(C)cc3F)c2cc1N1CCN(CC)CC1. The normalized spacial score (nSPS) is 14.5. The Bertz CT molecular complexity index is 1180. The van der Waals surface area contributed by atoms with Crippen LogP contribution in [-0.2, 0) is 0 Å². The summed E-state index contributed by atoms with van der Waals surface area (Å²) in [5.41, 5.74) is 8.93. The van der Waals surface area contributed by atoms with Crippen LogP contribution < -0.4 is 20.7 Å². The van der Waals surface area contributed by atoms with Crippen LogP contribution >= 0.6 is 0 Å². The molecule has 3 aromatic rings. The van der Waals surface area contributed by atoms with E-state index in [4.69, 9.17) is 10.5 Å². The Labute approximate surface area is 193 Å². The van der Waals surface area contributed by atoms with Gasteiger partial charge in [-0.2, -0.15) is 0 Å². The molecule has 33 heavy (non-hydrogen) atoms. The number of anilines is 3. The molecule has 2 aromatic carbocycles. The maximum Gasteiger partial charge on any atom is 0.252 e. The molecule has 1 amide bonds. The second-order valence-electron chi connectivity index (χ2n) is 8.21. The molecule has 7 nitrogen and oxygen atoms in total. The molecule has 174 valence electrons. The molecule has 4 rings (SSSR count). The number of pyridine rings is 1. The molecule has 0 saturated carbocycles. The quantitative estimate of drug-likeness (QED) is 0.564. The van der Waals surface area contributed by atoms with Crippen LogP contribution in [0.3, 0.4) is 0 Å². The maximum atomic E-state index is 14.6. The van der Waals surface area contributed by atoms with Gasteiger partial charge in [0.15, 0.2) is 0 Å². The van der Waals surface area contributed by atoms with E-state index >= 15 is 0 Å². The molecule has 0 radical (unpaired) electrons. The average Bonchev–Trinajstić information content (AvgIpc) is 2.80. The zero-order valence-corrected chi connectivity index (χ0v) is 19.3. The lowest BCUT2D eigenvalue weighted by atomic mass is 10.1. The third-order valence-electron chi connectivity index (χ3n) is 6.06. The van der Waals surface area contributed by atoms with E-state index in [1.54, 1.807) is 6.07 Å². The van der Waals surface area contributed by atoms with Crippen LogP contribution in [0.5, 0.6) is 5.75 Å². The summed E-state index contributed by atoms with van der Waals surface area (Å²) in [7, 11) is 0. The van der Waals surface area contributed by atoms with Crippen molar-refractivity contribution in [1.82, 2.24) is 9.88 Å². The second kappa shape index (κ2) is 9.62. The van der Waals surface area contributed by atoms with Gasteiger partial charge in [0.25, 0.3) is 5.91 Å². The van der Waals surface area contributed by atoms with Gasteiger partial charge in [-0.05, 0) is 44.2 Å². The van der Waals surface area contributed by atoms with Crippen LogP contribution in [0.25, 0.3) is 10.9 Å². The number of nitrogens with one attached hydrogen (secondary N) is 1. The molecular weight excluding hydrogens is 421 g/mol. The van der Waals surface area contributed by atoms with E-state index < -0.39 is 11.7 Å². The number of hydrogen-bond acceptors (Lipinski definition) is 6. The van der Waals surface area contributed by atoms with Crippen LogP contribution in [0.4, 0.5) is 21.5 Å². The Morgan fingerprint density at radius 2 is 1.94 bits per heavy atom. The van der Waals surface area contributed by atoms with E-state index in [0.717, 1.165) is 49.7 Å². The van der Waals surface area contributed by atoms with Gasteiger partial charge in [-0.3, -0.25) is 9.78 Å². The third-order valence-corrected chi connectivity index (χ3v) is 6.06. The zero-order valence-electron chi connectivity index (χ0n) is 19.3. The zero-order chi connectivity index (χ0) is 23.5. The molecular formula is C25H30FN5O2. The van der Waals surface area contributed by atoms with Gasteiger partial charge in [-0.15, -0.1) is 0 Å². The van der Waals surface area contributed by atoms with Crippen LogP contribution in [0, 0.1) is 12.7 Å². The highest BCUT2D eigenvalue weighted by molar-refractivity contribution is 6.08. The molecule has 2 heterocycles. The molecule has 1 aliphatic rings. The number of carbonyl (C=O) groups excluding carboxylic acids is 1. The molecule has 3 N–H and O–H groups in total. The fourth-order valence-corrected chi connectivity index (χ4v) is 4.21. The Balaban J connectivity index is 1.85. The largest absolute Gasteiger partial charge is 0.492 e. The maximum absolute atomic E-state index is 14.6. The van der Waals surface area contributed by atoms with E-state index in [1.807, 2.05) is 32.0 Å². The number of hydrogen-bond donors (Lipinski definition) is 2. The molecule has 1 aliphatic heterocycles. The molecule has 0 aliphatic carbocycles. The van der Waals surface area contributed by atoms with Crippen molar-refractivity contribution < 1.29 is 13.9 Å². The first-order chi connectivity index (χ1) is 15.9. The number of aryl methyl sites for hydroxylation is 1. The van der Waals surface area contributed by atoms with Crippen LogP contribution in [0.15, 0.2) is 36.5 Å². The molecule has 0 atom stereocenters. The highest BCUT2D eigenvalue weighted by atomic mass is 19.1. The standard InChI is InChI=1S/C25H30FN5O2/c1-4-30-8-10-31(11-9-30)22-13-17-21(14-23(22)33-5-2)28-15-18(25(27)32)24(17)29-20-7-6-16(3)12-19(20)26/h6-7,12-15H,4-5,8-11H2,1-3H3,(H2,27,32)(H,28,29). The lowest BCUT2D eigenvalue weighted by Crippen LogP contribution is -2.46. The van der Waals surface area contributed by atoms with E-state index in [9.17, 15) is 9.18 Å². The number of fused-ring (bicyclic) bond motifs is 1. The van der Waals surface area contributed by atoms with E-state index in [0.29, 0.717) is 23.2 Å². The van der Waals surface area contributed by atoms with Gasteiger partial charge >= 0.3 is 0 Å². The first-order valence-electron chi connectivity index (χ1n) is 11.3. The summed E-state index contributed by atoms with van der Waals surface area (Å²) in [6, 6.07) is 8.75. The molecule has 1 fully saturated rings. The highest BCUT2D eigenvalue weighted by Gasteiger charge is 2.22. The number of ether oxygens (including phenoxy) is 1. The van der Waals surface area contributed by atoms with Crippen LogP contribution in [0.2, 0.25) is 0 Å². The van der Waals surface area contributed by atoms with E-state index in [1.165, 1.54) is 12.3 Å². The average molecular weight is 452 g/mol. The molecule has 0 unspecified atom stereocenters. The summed E-state index contributed by atoms with van der Waals surface area (Å²) < 4.78 is 20.6. The molecule has 1 saturated heterocycles. The number of benzene rings is 2. The molecule has 1 aromatic heterocycles. The van der Waals surface area contributed by atoms with Crippen molar-refractivity contribution in [2.24, 2.45) is 5.73 Å². The lowest BCUT2D eigenvalue weighted by molar-refractivity contribution is 0.100. The smallest absolute Gasteiger partial charge is 0.252 e. The molecule has 0 spiro atoms. The summed E-state index contributed by atoms with van der Waals surface area (Å²) in [5, 5.41) is 3.79. The number of rotatable bonds is 7. The highest BCUT2D eigenvalue weighted by Crippen LogP contribution is 2.38. The Morgan fingerprint density at radius 1 is 1.18 bits per heavy atom. The van der Waals surface area contributed by atoms with Gasteiger partial charge in [0, 0.05) is 43.8 Å². The van der Waals surface area contributed by atoms with Crippen molar-refractivity contribution in [3.8, 4) is 5.75 Å². The van der Waals surface area contributed by atoms with Crippen molar-refractivity contribution in [2.75, 3.05) is 49.5 Å². The van der Waals surface area contributed by atoms with Gasteiger partial charge in [-0.25, -0.2) is 4.39 Å². The predicted molar refractivity (Wildman–Crippen MR) is 130 cm³/mol. The molecule has 0 bridgehead atoms. The fraction of sp³-hybridized carbons (Fsp3) is 0.360. The minimum absolute atomic E-state index is 0.202. The minimum Gasteiger partial charge on any atom is -0.492 e. The van der Waals surface area contributed by atoms with Crippen LogP contribution in [0.1, 0.15) is 29.8 Å². The number of primary amides is 1. The van der Waals surface area contributed by atoms with Crippen LogP contribution in [-0.4, -0.2) is 55.1 Å². The fourth-order valence-electron chi connectivity index (χ4n) is 4.21. The first kappa shape index (κ1) is 22.8. The monoisotopic (exact) mass is 451 g/mol. The number of carbonyl (C=O) groups is 1. The van der Waals surface area contributed by atoms with Crippen molar-refractivity contribution in [2.45, 2.75) is 20.8 Å². The summed E-state index contributed by atoms with van der Waals surface area (Å²) in [4.78, 5) is 21.4. The summed E-state index contributed by atoms with van der Waals surface area (Å²) >= 11 is 0.